The maximum Gasteiger partial charge on any atom is 0.0486 e. The predicted molar refractivity (Wildman–Crippen MR) is 85.1 cm³/mol. The summed E-state index contributed by atoms with van der Waals surface area (Å²) in [6.07, 6.45) is 4.53. The Morgan fingerprint density at radius 3 is 3.05 bits per heavy atom. The number of aryl methyl sites for hydroxylation is 1. The molecule has 0 saturated carbocycles. The number of H-pyrrole nitrogens is 1. The van der Waals surface area contributed by atoms with Gasteiger partial charge >= 0.3 is 0 Å². The van der Waals surface area contributed by atoms with Gasteiger partial charge in [-0.2, -0.15) is 11.8 Å². The number of aromatic nitrogens is 1. The molecule has 1 aliphatic rings. The number of benzene rings is 1. The molecule has 0 aliphatic carbocycles. The summed E-state index contributed by atoms with van der Waals surface area (Å²) >= 11 is 1.95. The summed E-state index contributed by atoms with van der Waals surface area (Å²) < 4.78 is 0. The molecule has 0 saturated heterocycles. The van der Waals surface area contributed by atoms with Crippen molar-refractivity contribution in [2.75, 3.05) is 12.8 Å². The fraction of sp³-hybridized carbons (Fsp3) is 0.500. The second kappa shape index (κ2) is 5.22. The second-order valence-electron chi connectivity index (χ2n) is 5.60. The third kappa shape index (κ3) is 2.41. The van der Waals surface area contributed by atoms with Crippen molar-refractivity contribution in [3.05, 3.63) is 35.0 Å². The number of thioether (sulfide) groups is 1. The molecule has 3 rings (SSSR count). The maximum atomic E-state index is 3.67. The molecule has 0 bridgehead atoms. The number of rotatable bonds is 3. The summed E-state index contributed by atoms with van der Waals surface area (Å²) in [6.45, 7) is 5.58. The SMILES string of the molecule is CSC(C)CC1NCCc2c1[nH]c1ccc(C)cc21. The highest BCUT2D eigenvalue weighted by atomic mass is 32.2. The highest BCUT2D eigenvalue weighted by Crippen LogP contribution is 2.33. The van der Waals surface area contributed by atoms with Gasteiger partial charge in [-0.25, -0.2) is 0 Å². The summed E-state index contributed by atoms with van der Waals surface area (Å²) in [4.78, 5) is 3.65. The second-order valence-corrected chi connectivity index (χ2v) is 6.88. The first-order chi connectivity index (χ1) is 9.19. The molecule has 2 aromatic rings. The molecule has 2 unspecified atom stereocenters. The molecule has 2 atom stereocenters. The van der Waals surface area contributed by atoms with Crippen molar-refractivity contribution in [3.63, 3.8) is 0 Å². The summed E-state index contributed by atoms with van der Waals surface area (Å²) in [7, 11) is 0. The van der Waals surface area contributed by atoms with E-state index in [9.17, 15) is 0 Å². The van der Waals surface area contributed by atoms with E-state index >= 15 is 0 Å². The zero-order valence-electron chi connectivity index (χ0n) is 11.9. The van der Waals surface area contributed by atoms with E-state index in [1.165, 1.54) is 34.1 Å². The standard InChI is InChI=1S/C16H22N2S/c1-10-4-5-14-13(8-10)12-6-7-17-15(16(12)18-14)9-11(2)19-3/h4-5,8,11,15,17-18H,6-7,9H2,1-3H3. The van der Waals surface area contributed by atoms with E-state index in [4.69, 9.17) is 0 Å². The first kappa shape index (κ1) is 13.1. The fourth-order valence-corrected chi connectivity index (χ4v) is 3.44. The normalized spacial score (nSPS) is 20.5. The molecule has 1 aromatic carbocycles. The van der Waals surface area contributed by atoms with E-state index in [1.54, 1.807) is 0 Å². The molecule has 0 fully saturated rings. The van der Waals surface area contributed by atoms with Gasteiger partial charge in [-0.1, -0.05) is 18.6 Å². The Bertz CT molecular complexity index is 588. The van der Waals surface area contributed by atoms with Crippen molar-refractivity contribution >= 4 is 22.7 Å². The maximum absolute atomic E-state index is 3.67. The minimum absolute atomic E-state index is 0.485. The number of aromatic amines is 1. The van der Waals surface area contributed by atoms with Crippen LogP contribution in [0, 0.1) is 6.92 Å². The molecular weight excluding hydrogens is 252 g/mol. The minimum atomic E-state index is 0.485. The van der Waals surface area contributed by atoms with Crippen LogP contribution < -0.4 is 5.32 Å². The molecule has 2 N–H and O–H groups in total. The molecular formula is C16H22N2S. The van der Waals surface area contributed by atoms with Crippen LogP contribution in [0.4, 0.5) is 0 Å². The van der Waals surface area contributed by atoms with E-state index in [-0.39, 0.29) is 0 Å². The Morgan fingerprint density at radius 2 is 2.26 bits per heavy atom. The van der Waals surface area contributed by atoms with Crippen LogP contribution in [0.1, 0.15) is 36.2 Å². The highest BCUT2D eigenvalue weighted by molar-refractivity contribution is 7.99. The van der Waals surface area contributed by atoms with Crippen LogP contribution in [0.3, 0.4) is 0 Å². The lowest BCUT2D eigenvalue weighted by Crippen LogP contribution is -2.31. The summed E-state index contributed by atoms with van der Waals surface area (Å²) in [5.41, 5.74) is 5.60. The molecule has 0 radical (unpaired) electrons. The third-order valence-electron chi connectivity index (χ3n) is 4.18. The van der Waals surface area contributed by atoms with Gasteiger partial charge in [-0.15, -0.1) is 0 Å². The molecule has 3 heteroatoms. The third-order valence-corrected chi connectivity index (χ3v) is 5.18. The number of hydrogen-bond acceptors (Lipinski definition) is 2. The Balaban J connectivity index is 2.02. The van der Waals surface area contributed by atoms with Gasteiger partial charge in [-0.3, -0.25) is 0 Å². The number of hydrogen-bond donors (Lipinski definition) is 2. The minimum Gasteiger partial charge on any atom is -0.357 e. The van der Waals surface area contributed by atoms with Gasteiger partial charge in [0.05, 0.1) is 0 Å². The van der Waals surface area contributed by atoms with Crippen molar-refractivity contribution < 1.29 is 0 Å². The molecule has 2 nitrogen and oxygen atoms in total. The lowest BCUT2D eigenvalue weighted by atomic mass is 9.96. The van der Waals surface area contributed by atoms with E-state index < -0.39 is 0 Å². The average Bonchev–Trinajstić information content (AvgIpc) is 2.78. The lowest BCUT2D eigenvalue weighted by Gasteiger charge is -2.26. The molecule has 0 amide bonds. The van der Waals surface area contributed by atoms with Gasteiger partial charge in [0, 0.05) is 27.9 Å². The van der Waals surface area contributed by atoms with Gasteiger partial charge in [0.1, 0.15) is 0 Å². The smallest absolute Gasteiger partial charge is 0.0486 e. The van der Waals surface area contributed by atoms with E-state index in [0.717, 1.165) is 13.0 Å². The zero-order valence-corrected chi connectivity index (χ0v) is 12.7. The molecule has 1 aliphatic heterocycles. The first-order valence-corrected chi connectivity index (χ1v) is 8.35. The van der Waals surface area contributed by atoms with Crippen molar-refractivity contribution in [1.82, 2.24) is 10.3 Å². The van der Waals surface area contributed by atoms with E-state index in [2.05, 4.69) is 48.6 Å². The Hall–Kier alpha value is -0.930. The largest absolute Gasteiger partial charge is 0.357 e. The molecule has 102 valence electrons. The Labute approximate surface area is 119 Å². The predicted octanol–water partition coefficient (Wildman–Crippen LogP) is 3.80. The van der Waals surface area contributed by atoms with E-state index in [0.29, 0.717) is 11.3 Å². The van der Waals surface area contributed by atoms with Crippen LogP contribution in [-0.2, 0) is 6.42 Å². The average molecular weight is 274 g/mol. The molecule has 2 heterocycles. The summed E-state index contributed by atoms with van der Waals surface area (Å²) in [5.74, 6) is 0. The Kier molecular flexibility index (Phi) is 3.59. The Morgan fingerprint density at radius 1 is 1.42 bits per heavy atom. The highest BCUT2D eigenvalue weighted by Gasteiger charge is 2.24. The van der Waals surface area contributed by atoms with Crippen molar-refractivity contribution in [3.8, 4) is 0 Å². The van der Waals surface area contributed by atoms with Crippen LogP contribution in [0.15, 0.2) is 18.2 Å². The van der Waals surface area contributed by atoms with Gasteiger partial charge in [0.25, 0.3) is 0 Å². The van der Waals surface area contributed by atoms with Crippen LogP contribution >= 0.6 is 11.8 Å². The molecule has 0 spiro atoms. The van der Waals surface area contributed by atoms with Crippen molar-refractivity contribution in [2.45, 2.75) is 38.0 Å². The van der Waals surface area contributed by atoms with Crippen LogP contribution in [0.5, 0.6) is 0 Å². The van der Waals surface area contributed by atoms with Gasteiger partial charge in [0.15, 0.2) is 0 Å². The monoisotopic (exact) mass is 274 g/mol. The van der Waals surface area contributed by atoms with Crippen molar-refractivity contribution in [1.29, 1.82) is 0 Å². The quantitative estimate of drug-likeness (QED) is 0.891. The first-order valence-electron chi connectivity index (χ1n) is 7.06. The van der Waals surface area contributed by atoms with Gasteiger partial charge in [-0.05, 0) is 50.3 Å². The number of nitrogens with one attached hydrogen (secondary N) is 2. The molecule has 19 heavy (non-hydrogen) atoms. The topological polar surface area (TPSA) is 27.8 Å². The van der Waals surface area contributed by atoms with Crippen molar-refractivity contribution in [2.24, 2.45) is 0 Å². The van der Waals surface area contributed by atoms with E-state index in [1.807, 2.05) is 11.8 Å². The van der Waals surface area contributed by atoms with Crippen LogP contribution in [0.25, 0.3) is 10.9 Å². The summed E-state index contributed by atoms with van der Waals surface area (Å²) in [6, 6.07) is 7.22. The fourth-order valence-electron chi connectivity index (χ4n) is 3.05. The van der Waals surface area contributed by atoms with Gasteiger partial charge < -0.3 is 10.3 Å². The molecule has 1 aromatic heterocycles. The van der Waals surface area contributed by atoms with Gasteiger partial charge in [0.2, 0.25) is 0 Å². The summed E-state index contributed by atoms with van der Waals surface area (Å²) in [5, 5.41) is 5.79. The van der Waals surface area contributed by atoms with Crippen LogP contribution in [-0.4, -0.2) is 23.0 Å². The lowest BCUT2D eigenvalue weighted by molar-refractivity contribution is 0.468. The number of fused-ring (bicyclic) bond motifs is 3. The zero-order chi connectivity index (χ0) is 13.4. The van der Waals surface area contributed by atoms with Crippen LogP contribution in [0.2, 0.25) is 0 Å².